The van der Waals surface area contributed by atoms with Crippen molar-refractivity contribution in [3.05, 3.63) is 23.8 Å². The molecule has 0 bridgehead atoms. The van der Waals surface area contributed by atoms with E-state index in [4.69, 9.17) is 5.73 Å². The molecule has 20 heavy (non-hydrogen) atoms. The van der Waals surface area contributed by atoms with Crippen LogP contribution in [0.1, 0.15) is 31.1 Å². The summed E-state index contributed by atoms with van der Waals surface area (Å²) in [5.74, 6) is -0.319. The fraction of sp³-hybridized carbons (Fsp3) is 0.429. The average molecular weight is 278 g/mol. The Hall–Kier alpha value is -2.24. The van der Waals surface area contributed by atoms with Gasteiger partial charge in [-0.1, -0.05) is 0 Å². The summed E-state index contributed by atoms with van der Waals surface area (Å²) < 4.78 is 0. The second-order valence-electron chi connectivity index (χ2n) is 5.53. The van der Waals surface area contributed by atoms with Gasteiger partial charge in [0.1, 0.15) is 0 Å². The average Bonchev–Trinajstić information content (AvgIpc) is 2.34. The van der Waals surface area contributed by atoms with Crippen molar-refractivity contribution in [3.8, 4) is 0 Å². The van der Waals surface area contributed by atoms with E-state index in [0.717, 1.165) is 0 Å². The van der Waals surface area contributed by atoms with Crippen LogP contribution in [-0.4, -0.2) is 30.9 Å². The topological polar surface area (TPSA) is 96.2 Å². The Balaban J connectivity index is 2.66. The molecule has 0 aliphatic carbocycles. The van der Waals surface area contributed by atoms with Crippen molar-refractivity contribution in [2.45, 2.75) is 26.3 Å². The maximum absolute atomic E-state index is 11.7. The summed E-state index contributed by atoms with van der Waals surface area (Å²) in [5.41, 5.74) is 7.12. The van der Waals surface area contributed by atoms with Gasteiger partial charge in [-0.15, -0.1) is 0 Å². The number of anilines is 2. The quantitative estimate of drug-likeness (QED) is 0.617. The molecule has 6 nitrogen and oxygen atoms in total. The Labute approximate surface area is 119 Å². The lowest BCUT2D eigenvalue weighted by Crippen LogP contribution is -2.43. The Kier molecular flexibility index (Phi) is 4.96. The summed E-state index contributed by atoms with van der Waals surface area (Å²) in [4.78, 5) is 23.1. The normalized spacial score (nSPS) is 10.8. The number of rotatable bonds is 4. The van der Waals surface area contributed by atoms with Crippen molar-refractivity contribution < 1.29 is 9.59 Å². The smallest absolute Gasteiger partial charge is 0.251 e. The molecule has 5 N–H and O–H groups in total. The van der Waals surface area contributed by atoms with Crippen LogP contribution in [0, 0.1) is 0 Å². The number of nitrogen functional groups attached to an aromatic ring is 1. The molecule has 1 aromatic rings. The number of carbonyl (C=O) groups is 2. The maximum atomic E-state index is 11.7. The third-order valence-electron chi connectivity index (χ3n) is 2.49. The predicted molar refractivity (Wildman–Crippen MR) is 80.6 cm³/mol. The van der Waals surface area contributed by atoms with Gasteiger partial charge in [0.25, 0.3) is 5.91 Å². The fourth-order valence-corrected chi connectivity index (χ4v) is 1.65. The zero-order chi connectivity index (χ0) is 15.3. The third kappa shape index (κ3) is 4.79. The minimum absolute atomic E-state index is 0.118. The van der Waals surface area contributed by atoms with Gasteiger partial charge in [-0.05, 0) is 39.0 Å². The van der Waals surface area contributed by atoms with Crippen LogP contribution >= 0.6 is 0 Å². The highest BCUT2D eigenvalue weighted by Gasteiger charge is 2.13. The molecule has 110 valence electrons. The van der Waals surface area contributed by atoms with Crippen LogP contribution in [0.2, 0.25) is 0 Å². The number of benzene rings is 1. The third-order valence-corrected chi connectivity index (χ3v) is 2.49. The highest BCUT2D eigenvalue weighted by molar-refractivity contribution is 5.96. The van der Waals surface area contributed by atoms with Crippen LogP contribution < -0.4 is 21.7 Å². The summed E-state index contributed by atoms with van der Waals surface area (Å²) in [6.07, 6.45) is 0. The van der Waals surface area contributed by atoms with Gasteiger partial charge in [0, 0.05) is 18.2 Å². The lowest BCUT2D eigenvalue weighted by atomic mass is 10.1. The first-order valence-electron chi connectivity index (χ1n) is 6.39. The highest BCUT2D eigenvalue weighted by atomic mass is 16.2. The molecule has 0 spiro atoms. The van der Waals surface area contributed by atoms with Gasteiger partial charge in [0.05, 0.1) is 17.9 Å². The highest BCUT2D eigenvalue weighted by Crippen LogP contribution is 2.19. The SMILES string of the molecule is CNC(=O)c1ccc(NCC(=O)NC(C)(C)C)c(N)c1. The van der Waals surface area contributed by atoms with Gasteiger partial charge < -0.3 is 21.7 Å². The van der Waals surface area contributed by atoms with E-state index in [1.165, 1.54) is 0 Å². The first kappa shape index (κ1) is 15.8. The molecule has 0 atom stereocenters. The Morgan fingerprint density at radius 3 is 2.40 bits per heavy atom. The van der Waals surface area contributed by atoms with E-state index in [-0.39, 0.29) is 23.9 Å². The lowest BCUT2D eigenvalue weighted by molar-refractivity contribution is -0.120. The molecular weight excluding hydrogens is 256 g/mol. The summed E-state index contributed by atoms with van der Waals surface area (Å²) >= 11 is 0. The second-order valence-corrected chi connectivity index (χ2v) is 5.53. The number of hydrogen-bond donors (Lipinski definition) is 4. The molecule has 0 aliphatic rings. The first-order chi connectivity index (χ1) is 9.23. The molecule has 0 unspecified atom stereocenters. The molecule has 1 aromatic carbocycles. The van der Waals surface area contributed by atoms with Crippen LogP contribution in [0.5, 0.6) is 0 Å². The second kappa shape index (κ2) is 6.27. The number of carbonyl (C=O) groups excluding carboxylic acids is 2. The van der Waals surface area contributed by atoms with Gasteiger partial charge in [0.2, 0.25) is 5.91 Å². The zero-order valence-corrected chi connectivity index (χ0v) is 12.3. The monoisotopic (exact) mass is 278 g/mol. The van der Waals surface area contributed by atoms with Gasteiger partial charge in [-0.25, -0.2) is 0 Å². The Morgan fingerprint density at radius 2 is 1.90 bits per heavy atom. The van der Waals surface area contributed by atoms with Crippen molar-refractivity contribution >= 4 is 23.2 Å². The molecular formula is C14H22N4O2. The number of hydrogen-bond acceptors (Lipinski definition) is 4. The van der Waals surface area contributed by atoms with Crippen molar-refractivity contribution in [1.82, 2.24) is 10.6 Å². The molecule has 0 aliphatic heterocycles. The molecule has 0 radical (unpaired) electrons. The largest absolute Gasteiger partial charge is 0.397 e. The van der Waals surface area contributed by atoms with E-state index in [1.54, 1.807) is 25.2 Å². The maximum Gasteiger partial charge on any atom is 0.251 e. The lowest BCUT2D eigenvalue weighted by Gasteiger charge is -2.21. The Bertz CT molecular complexity index is 506. The van der Waals surface area contributed by atoms with Crippen LogP contribution in [0.4, 0.5) is 11.4 Å². The van der Waals surface area contributed by atoms with E-state index >= 15 is 0 Å². The van der Waals surface area contributed by atoms with E-state index in [2.05, 4.69) is 16.0 Å². The van der Waals surface area contributed by atoms with E-state index < -0.39 is 0 Å². The standard InChI is InChI=1S/C14H22N4O2/c1-14(2,3)18-12(19)8-17-11-6-5-9(7-10(11)15)13(20)16-4/h5-7,17H,8,15H2,1-4H3,(H,16,20)(H,18,19). The van der Waals surface area contributed by atoms with E-state index in [0.29, 0.717) is 16.9 Å². The molecule has 2 amide bonds. The molecule has 0 aromatic heterocycles. The summed E-state index contributed by atoms with van der Waals surface area (Å²) in [7, 11) is 1.56. The number of nitrogens with two attached hydrogens (primary N) is 1. The number of nitrogens with one attached hydrogen (secondary N) is 3. The van der Waals surface area contributed by atoms with Crippen molar-refractivity contribution in [1.29, 1.82) is 0 Å². The van der Waals surface area contributed by atoms with Crippen LogP contribution in [-0.2, 0) is 4.79 Å². The molecule has 0 fully saturated rings. The summed E-state index contributed by atoms with van der Waals surface area (Å²) in [5, 5.41) is 8.32. The molecule has 0 saturated heterocycles. The van der Waals surface area contributed by atoms with Crippen LogP contribution in [0.15, 0.2) is 18.2 Å². The van der Waals surface area contributed by atoms with Gasteiger partial charge in [-0.2, -0.15) is 0 Å². The Morgan fingerprint density at radius 1 is 1.25 bits per heavy atom. The predicted octanol–water partition coefficient (Wildman–Crippen LogP) is 0.955. The summed E-state index contributed by atoms with van der Waals surface area (Å²) in [6, 6.07) is 4.91. The molecule has 1 rings (SSSR count). The van der Waals surface area contributed by atoms with Crippen molar-refractivity contribution in [3.63, 3.8) is 0 Å². The van der Waals surface area contributed by atoms with Gasteiger partial charge in [-0.3, -0.25) is 9.59 Å². The molecule has 0 heterocycles. The van der Waals surface area contributed by atoms with E-state index in [9.17, 15) is 9.59 Å². The van der Waals surface area contributed by atoms with Crippen LogP contribution in [0.3, 0.4) is 0 Å². The van der Waals surface area contributed by atoms with Crippen molar-refractivity contribution in [2.24, 2.45) is 0 Å². The zero-order valence-electron chi connectivity index (χ0n) is 12.3. The first-order valence-corrected chi connectivity index (χ1v) is 6.39. The van der Waals surface area contributed by atoms with Crippen molar-refractivity contribution in [2.75, 3.05) is 24.6 Å². The number of amides is 2. The minimum Gasteiger partial charge on any atom is -0.397 e. The van der Waals surface area contributed by atoms with E-state index in [1.807, 2.05) is 20.8 Å². The minimum atomic E-state index is -0.270. The van der Waals surface area contributed by atoms with Crippen LogP contribution in [0.25, 0.3) is 0 Å². The molecule has 0 saturated carbocycles. The fourth-order valence-electron chi connectivity index (χ4n) is 1.65. The van der Waals surface area contributed by atoms with Gasteiger partial charge >= 0.3 is 0 Å². The van der Waals surface area contributed by atoms with Gasteiger partial charge in [0.15, 0.2) is 0 Å². The summed E-state index contributed by atoms with van der Waals surface area (Å²) in [6.45, 7) is 5.87. The molecule has 6 heteroatoms.